The molecule has 0 N–H and O–H groups in total. The topological polar surface area (TPSA) is 52.6 Å². The summed E-state index contributed by atoms with van der Waals surface area (Å²) >= 11 is 0. The van der Waals surface area contributed by atoms with E-state index in [1.54, 1.807) is 0 Å². The quantitative estimate of drug-likeness (QED) is 0.271. The number of ether oxygens (including phenoxy) is 2. The Morgan fingerprint density at radius 3 is 1.66 bits per heavy atom. The second-order valence-corrected chi connectivity index (χ2v) is 13.9. The lowest BCUT2D eigenvalue weighted by Crippen LogP contribution is -2.49. The van der Waals surface area contributed by atoms with E-state index in [-0.39, 0.29) is 35.0 Å². The van der Waals surface area contributed by atoms with E-state index in [9.17, 15) is 9.59 Å². The SMILES string of the molecule is CC(C)CC(C)(C(=O)OC1(C(C)C)CCCCC1)C(C)CC(C)(C(=O)OC1(C)CCCC1)C(C)C. The molecule has 3 atom stereocenters. The van der Waals surface area contributed by atoms with Gasteiger partial charge in [0.05, 0.1) is 10.8 Å². The standard InChI is InChI=1S/C31H56O4/c1-22(2)20-30(10,27(33)35-31(24(5)6)18-12-11-13-19-31)25(7)21-29(9,23(3)4)26(32)34-28(8)16-14-15-17-28/h22-25H,11-21H2,1-10H3. The van der Waals surface area contributed by atoms with Gasteiger partial charge in [0.25, 0.3) is 0 Å². The molecular weight excluding hydrogens is 436 g/mol. The molecule has 0 spiro atoms. The van der Waals surface area contributed by atoms with Gasteiger partial charge in [-0.25, -0.2) is 0 Å². The van der Waals surface area contributed by atoms with Crippen molar-refractivity contribution in [1.82, 2.24) is 0 Å². The lowest BCUT2D eigenvalue weighted by molar-refractivity contribution is -0.189. The van der Waals surface area contributed by atoms with E-state index in [0.717, 1.165) is 57.8 Å². The van der Waals surface area contributed by atoms with E-state index in [0.29, 0.717) is 18.3 Å². The largest absolute Gasteiger partial charge is 0.459 e. The molecule has 0 aromatic rings. The van der Waals surface area contributed by atoms with Gasteiger partial charge < -0.3 is 9.47 Å². The highest BCUT2D eigenvalue weighted by molar-refractivity contribution is 5.79. The lowest BCUT2D eigenvalue weighted by Gasteiger charge is -2.46. The van der Waals surface area contributed by atoms with Crippen molar-refractivity contribution in [3.05, 3.63) is 0 Å². The van der Waals surface area contributed by atoms with Gasteiger partial charge in [0, 0.05) is 0 Å². The van der Waals surface area contributed by atoms with Crippen LogP contribution in [0.15, 0.2) is 0 Å². The third-order valence-corrected chi connectivity index (χ3v) is 9.91. The predicted molar refractivity (Wildman–Crippen MR) is 144 cm³/mol. The summed E-state index contributed by atoms with van der Waals surface area (Å²) in [6.45, 7) is 21.3. The number of carbonyl (C=O) groups is 2. The zero-order valence-corrected chi connectivity index (χ0v) is 24.7. The third-order valence-electron chi connectivity index (χ3n) is 9.91. The van der Waals surface area contributed by atoms with Crippen molar-refractivity contribution in [2.75, 3.05) is 0 Å². The zero-order valence-electron chi connectivity index (χ0n) is 24.7. The lowest BCUT2D eigenvalue weighted by atomic mass is 9.63. The van der Waals surface area contributed by atoms with Crippen LogP contribution in [0, 0.1) is 34.5 Å². The highest BCUT2D eigenvalue weighted by Gasteiger charge is 2.51. The van der Waals surface area contributed by atoms with Crippen LogP contribution in [0.2, 0.25) is 0 Å². The number of hydrogen-bond donors (Lipinski definition) is 0. The Balaban J connectivity index is 2.30. The van der Waals surface area contributed by atoms with Gasteiger partial charge in [0.1, 0.15) is 11.2 Å². The van der Waals surface area contributed by atoms with Crippen LogP contribution in [0.3, 0.4) is 0 Å². The molecule has 2 aliphatic rings. The fraction of sp³-hybridized carbons (Fsp3) is 0.935. The van der Waals surface area contributed by atoms with E-state index < -0.39 is 10.8 Å². The summed E-state index contributed by atoms with van der Waals surface area (Å²) in [5, 5.41) is 0. The maximum Gasteiger partial charge on any atom is 0.312 e. The molecule has 0 aromatic heterocycles. The molecule has 0 heterocycles. The average Bonchev–Trinajstić information content (AvgIpc) is 3.19. The summed E-state index contributed by atoms with van der Waals surface area (Å²) in [4.78, 5) is 27.7. The molecule has 204 valence electrons. The van der Waals surface area contributed by atoms with Gasteiger partial charge in [0.2, 0.25) is 0 Å². The number of rotatable bonds is 11. The predicted octanol–water partition coefficient (Wildman–Crippen LogP) is 8.51. The van der Waals surface area contributed by atoms with Gasteiger partial charge in [-0.15, -0.1) is 0 Å². The molecule has 0 aromatic carbocycles. The number of esters is 2. The van der Waals surface area contributed by atoms with Crippen LogP contribution < -0.4 is 0 Å². The second kappa shape index (κ2) is 11.5. The molecule has 2 aliphatic carbocycles. The number of carbonyl (C=O) groups excluding carboxylic acids is 2. The maximum absolute atomic E-state index is 14.0. The second-order valence-electron chi connectivity index (χ2n) is 13.9. The van der Waals surface area contributed by atoms with Crippen LogP contribution in [0.4, 0.5) is 0 Å². The Labute approximate surface area is 216 Å². The first-order chi connectivity index (χ1) is 16.1. The van der Waals surface area contributed by atoms with E-state index in [4.69, 9.17) is 9.47 Å². The molecule has 0 amide bonds. The maximum atomic E-state index is 14.0. The van der Waals surface area contributed by atoms with Crippen LogP contribution >= 0.6 is 0 Å². The van der Waals surface area contributed by atoms with Crippen molar-refractivity contribution in [3.63, 3.8) is 0 Å². The van der Waals surface area contributed by atoms with Gasteiger partial charge in [-0.2, -0.15) is 0 Å². The normalized spacial score (nSPS) is 24.1. The van der Waals surface area contributed by atoms with Crippen molar-refractivity contribution < 1.29 is 19.1 Å². The molecule has 4 heteroatoms. The Morgan fingerprint density at radius 2 is 1.20 bits per heavy atom. The Bertz CT molecular complexity index is 711. The van der Waals surface area contributed by atoms with Crippen LogP contribution in [-0.2, 0) is 19.1 Å². The van der Waals surface area contributed by atoms with Crippen LogP contribution in [0.5, 0.6) is 0 Å². The summed E-state index contributed by atoms with van der Waals surface area (Å²) in [5.41, 5.74) is -2.00. The van der Waals surface area contributed by atoms with Crippen molar-refractivity contribution in [2.45, 2.75) is 151 Å². The first kappa shape index (κ1) is 30.2. The van der Waals surface area contributed by atoms with Gasteiger partial charge in [0.15, 0.2) is 0 Å². The highest BCUT2D eigenvalue weighted by Crippen LogP contribution is 2.48. The molecule has 2 fully saturated rings. The van der Waals surface area contributed by atoms with Gasteiger partial charge in [-0.05, 0) is 109 Å². The summed E-state index contributed by atoms with van der Waals surface area (Å²) in [7, 11) is 0. The van der Waals surface area contributed by atoms with Crippen LogP contribution in [0.25, 0.3) is 0 Å². The zero-order chi connectivity index (χ0) is 26.7. The first-order valence-electron chi connectivity index (χ1n) is 14.6. The van der Waals surface area contributed by atoms with Crippen LogP contribution in [-0.4, -0.2) is 23.1 Å². The molecule has 35 heavy (non-hydrogen) atoms. The van der Waals surface area contributed by atoms with E-state index in [1.807, 2.05) is 6.92 Å². The van der Waals surface area contributed by atoms with Crippen molar-refractivity contribution >= 4 is 11.9 Å². The summed E-state index contributed by atoms with van der Waals surface area (Å²) in [6, 6.07) is 0. The van der Waals surface area contributed by atoms with Crippen molar-refractivity contribution in [2.24, 2.45) is 34.5 Å². The molecule has 0 aliphatic heterocycles. The fourth-order valence-corrected chi connectivity index (χ4v) is 6.56. The van der Waals surface area contributed by atoms with Crippen molar-refractivity contribution in [1.29, 1.82) is 0 Å². The molecule has 3 unspecified atom stereocenters. The van der Waals surface area contributed by atoms with E-state index in [2.05, 4.69) is 62.3 Å². The molecular formula is C31H56O4. The first-order valence-corrected chi connectivity index (χ1v) is 14.6. The summed E-state index contributed by atoms with van der Waals surface area (Å²) < 4.78 is 12.7. The molecule has 0 bridgehead atoms. The summed E-state index contributed by atoms with van der Waals surface area (Å²) in [5.74, 6) is 0.578. The third kappa shape index (κ3) is 6.83. The molecule has 0 saturated heterocycles. The number of hydrogen-bond acceptors (Lipinski definition) is 4. The minimum Gasteiger partial charge on any atom is -0.459 e. The monoisotopic (exact) mass is 492 g/mol. The highest BCUT2D eigenvalue weighted by atomic mass is 16.6. The van der Waals surface area contributed by atoms with Gasteiger partial charge in [-0.3, -0.25) is 9.59 Å². The molecule has 2 saturated carbocycles. The molecule has 2 rings (SSSR count). The van der Waals surface area contributed by atoms with Crippen molar-refractivity contribution in [3.8, 4) is 0 Å². The van der Waals surface area contributed by atoms with E-state index >= 15 is 0 Å². The molecule has 0 radical (unpaired) electrons. The fourth-order valence-electron chi connectivity index (χ4n) is 6.56. The summed E-state index contributed by atoms with van der Waals surface area (Å²) in [6.07, 6.45) is 10.9. The Kier molecular flexibility index (Phi) is 9.95. The molecule has 4 nitrogen and oxygen atoms in total. The van der Waals surface area contributed by atoms with Gasteiger partial charge in [-0.1, -0.05) is 54.9 Å². The van der Waals surface area contributed by atoms with Crippen LogP contribution in [0.1, 0.15) is 140 Å². The van der Waals surface area contributed by atoms with E-state index in [1.165, 1.54) is 6.42 Å². The van der Waals surface area contributed by atoms with Gasteiger partial charge >= 0.3 is 11.9 Å². The average molecular weight is 493 g/mol. The smallest absolute Gasteiger partial charge is 0.312 e. The Morgan fingerprint density at radius 1 is 0.714 bits per heavy atom. The Hall–Kier alpha value is -1.06. The minimum atomic E-state index is -0.652. The minimum absolute atomic E-state index is 0.0125.